The monoisotopic (exact) mass is 259 g/mol. The van der Waals surface area contributed by atoms with Crippen molar-refractivity contribution in [1.82, 2.24) is 0 Å². The molecular formula is C11H14ClNO2S. The van der Waals surface area contributed by atoms with Crippen molar-refractivity contribution in [2.45, 2.75) is 17.9 Å². The first-order valence-electron chi connectivity index (χ1n) is 4.94. The second kappa shape index (κ2) is 6.78. The molecule has 16 heavy (non-hydrogen) atoms. The highest BCUT2D eigenvalue weighted by atomic mass is 35.5. The largest absolute Gasteiger partial charge is 0.465 e. The van der Waals surface area contributed by atoms with Crippen LogP contribution in [0.5, 0.6) is 0 Å². The first-order chi connectivity index (χ1) is 7.65. The Morgan fingerprint density at radius 2 is 2.25 bits per heavy atom. The number of ether oxygens (including phenoxy) is 1. The van der Waals surface area contributed by atoms with Crippen LogP contribution in [0.3, 0.4) is 0 Å². The van der Waals surface area contributed by atoms with E-state index in [1.807, 2.05) is 18.2 Å². The van der Waals surface area contributed by atoms with Crippen molar-refractivity contribution in [2.75, 3.05) is 12.4 Å². The van der Waals surface area contributed by atoms with Crippen LogP contribution in [-0.2, 0) is 9.53 Å². The van der Waals surface area contributed by atoms with Crippen LogP contribution in [0.2, 0.25) is 5.02 Å². The van der Waals surface area contributed by atoms with Crippen LogP contribution in [0.4, 0.5) is 0 Å². The lowest BCUT2D eigenvalue weighted by Crippen LogP contribution is -2.34. The van der Waals surface area contributed by atoms with Crippen LogP contribution in [0, 0.1) is 0 Å². The highest BCUT2D eigenvalue weighted by Crippen LogP contribution is 2.26. The van der Waals surface area contributed by atoms with E-state index in [2.05, 4.69) is 0 Å². The fourth-order valence-corrected chi connectivity index (χ4v) is 2.23. The molecule has 1 aromatic carbocycles. The highest BCUT2D eigenvalue weighted by Gasteiger charge is 2.15. The van der Waals surface area contributed by atoms with Gasteiger partial charge in [-0.25, -0.2) is 0 Å². The number of benzene rings is 1. The summed E-state index contributed by atoms with van der Waals surface area (Å²) in [5.41, 5.74) is 5.66. The molecule has 88 valence electrons. The van der Waals surface area contributed by atoms with Crippen molar-refractivity contribution < 1.29 is 9.53 Å². The highest BCUT2D eigenvalue weighted by molar-refractivity contribution is 7.99. The second-order valence-electron chi connectivity index (χ2n) is 3.10. The molecule has 3 nitrogen and oxygen atoms in total. The van der Waals surface area contributed by atoms with Gasteiger partial charge >= 0.3 is 5.97 Å². The summed E-state index contributed by atoms with van der Waals surface area (Å²) in [5, 5.41) is 0.670. The van der Waals surface area contributed by atoms with Gasteiger partial charge in [0.2, 0.25) is 0 Å². The fourth-order valence-electron chi connectivity index (χ4n) is 1.06. The van der Waals surface area contributed by atoms with Gasteiger partial charge in [0.15, 0.2) is 0 Å². The quantitative estimate of drug-likeness (QED) is 0.651. The van der Waals surface area contributed by atoms with Crippen LogP contribution in [0.1, 0.15) is 6.92 Å². The zero-order valence-corrected chi connectivity index (χ0v) is 10.6. The Morgan fingerprint density at radius 1 is 1.56 bits per heavy atom. The van der Waals surface area contributed by atoms with Crippen molar-refractivity contribution in [1.29, 1.82) is 0 Å². The van der Waals surface area contributed by atoms with E-state index < -0.39 is 6.04 Å². The third-order valence-corrected chi connectivity index (χ3v) is 3.48. The summed E-state index contributed by atoms with van der Waals surface area (Å²) >= 11 is 7.42. The minimum absolute atomic E-state index is 0.350. The van der Waals surface area contributed by atoms with Crippen molar-refractivity contribution in [3.8, 4) is 0 Å². The van der Waals surface area contributed by atoms with Gasteiger partial charge in [-0.2, -0.15) is 0 Å². The summed E-state index contributed by atoms with van der Waals surface area (Å²) in [6.45, 7) is 2.11. The lowest BCUT2D eigenvalue weighted by molar-refractivity contribution is -0.144. The number of esters is 1. The van der Waals surface area contributed by atoms with E-state index in [0.717, 1.165) is 4.90 Å². The Labute approximate surface area is 104 Å². The summed E-state index contributed by atoms with van der Waals surface area (Å²) in [5.74, 6) is 0.0878. The molecule has 2 N–H and O–H groups in total. The summed E-state index contributed by atoms with van der Waals surface area (Å²) in [7, 11) is 0. The van der Waals surface area contributed by atoms with Gasteiger partial charge in [0.1, 0.15) is 6.04 Å². The molecule has 0 aliphatic carbocycles. The Morgan fingerprint density at radius 3 is 2.88 bits per heavy atom. The summed E-state index contributed by atoms with van der Waals surface area (Å²) < 4.78 is 4.81. The Kier molecular flexibility index (Phi) is 5.66. The Balaban J connectivity index is 2.46. The lowest BCUT2D eigenvalue weighted by Gasteiger charge is -2.10. The molecule has 5 heteroatoms. The molecule has 1 aromatic rings. The molecule has 0 saturated carbocycles. The maximum Gasteiger partial charge on any atom is 0.323 e. The van der Waals surface area contributed by atoms with Crippen LogP contribution in [0.15, 0.2) is 29.2 Å². The summed E-state index contributed by atoms with van der Waals surface area (Å²) in [6.07, 6.45) is 0. The normalized spacial score (nSPS) is 12.2. The van der Waals surface area contributed by atoms with Gasteiger partial charge in [-0.1, -0.05) is 23.7 Å². The minimum Gasteiger partial charge on any atom is -0.465 e. The smallest absolute Gasteiger partial charge is 0.323 e. The van der Waals surface area contributed by atoms with E-state index in [-0.39, 0.29) is 5.97 Å². The fraction of sp³-hybridized carbons (Fsp3) is 0.364. The van der Waals surface area contributed by atoms with E-state index in [1.54, 1.807) is 13.0 Å². The van der Waals surface area contributed by atoms with Crippen LogP contribution >= 0.6 is 23.4 Å². The van der Waals surface area contributed by atoms with E-state index in [0.29, 0.717) is 17.4 Å². The predicted octanol–water partition coefficient (Wildman–Crippen LogP) is 2.32. The van der Waals surface area contributed by atoms with E-state index in [1.165, 1.54) is 11.8 Å². The third kappa shape index (κ3) is 4.04. The molecule has 0 saturated heterocycles. The molecule has 1 rings (SSSR count). The molecule has 1 unspecified atom stereocenters. The number of hydrogen-bond acceptors (Lipinski definition) is 4. The number of thioether (sulfide) groups is 1. The Bertz CT molecular complexity index is 360. The maximum atomic E-state index is 11.3. The third-order valence-electron chi connectivity index (χ3n) is 1.84. The van der Waals surface area contributed by atoms with Crippen molar-refractivity contribution in [2.24, 2.45) is 5.73 Å². The number of rotatable bonds is 5. The molecule has 0 heterocycles. The molecule has 0 spiro atoms. The number of halogens is 1. The van der Waals surface area contributed by atoms with Gasteiger partial charge in [0.05, 0.1) is 11.6 Å². The first-order valence-corrected chi connectivity index (χ1v) is 6.31. The zero-order chi connectivity index (χ0) is 12.0. The molecule has 0 radical (unpaired) electrons. The van der Waals surface area contributed by atoms with Crippen LogP contribution < -0.4 is 5.73 Å². The minimum atomic E-state index is -0.610. The lowest BCUT2D eigenvalue weighted by atomic mass is 10.4. The average Bonchev–Trinajstić information content (AvgIpc) is 2.28. The van der Waals surface area contributed by atoms with Crippen molar-refractivity contribution >= 4 is 29.3 Å². The number of nitrogens with two attached hydrogens (primary N) is 1. The first kappa shape index (κ1) is 13.4. The molecule has 0 bridgehead atoms. The molecular weight excluding hydrogens is 246 g/mol. The number of hydrogen-bond donors (Lipinski definition) is 1. The van der Waals surface area contributed by atoms with Crippen molar-refractivity contribution in [3.05, 3.63) is 29.3 Å². The van der Waals surface area contributed by atoms with E-state index >= 15 is 0 Å². The van der Waals surface area contributed by atoms with Crippen molar-refractivity contribution in [3.63, 3.8) is 0 Å². The second-order valence-corrected chi connectivity index (χ2v) is 4.57. The summed E-state index contributed by atoms with van der Waals surface area (Å²) in [6, 6.07) is 6.84. The molecule has 0 aromatic heterocycles. The van der Waals surface area contributed by atoms with Crippen LogP contribution in [-0.4, -0.2) is 24.4 Å². The number of carbonyl (C=O) groups is 1. The molecule has 1 atom stereocenters. The van der Waals surface area contributed by atoms with Gasteiger partial charge in [-0.3, -0.25) is 4.79 Å². The summed E-state index contributed by atoms with van der Waals surface area (Å²) in [4.78, 5) is 12.2. The van der Waals surface area contributed by atoms with Gasteiger partial charge < -0.3 is 10.5 Å². The van der Waals surface area contributed by atoms with Gasteiger partial charge in [0.25, 0.3) is 0 Å². The molecule has 0 amide bonds. The van der Waals surface area contributed by atoms with Gasteiger partial charge in [0, 0.05) is 10.6 Å². The zero-order valence-electron chi connectivity index (χ0n) is 8.98. The topological polar surface area (TPSA) is 52.3 Å². The standard InChI is InChI=1S/C11H14ClNO2S/c1-2-15-11(14)9(13)7-16-10-6-4-3-5-8(10)12/h3-6,9H,2,7,13H2,1H3. The average molecular weight is 260 g/mol. The molecule has 0 aliphatic heterocycles. The van der Waals surface area contributed by atoms with Gasteiger partial charge in [-0.15, -0.1) is 11.8 Å². The maximum absolute atomic E-state index is 11.3. The van der Waals surface area contributed by atoms with E-state index in [4.69, 9.17) is 22.1 Å². The number of carbonyl (C=O) groups excluding carboxylic acids is 1. The molecule has 0 fully saturated rings. The predicted molar refractivity (Wildman–Crippen MR) is 66.8 cm³/mol. The SMILES string of the molecule is CCOC(=O)C(N)CSc1ccccc1Cl. The van der Waals surface area contributed by atoms with Crippen LogP contribution in [0.25, 0.3) is 0 Å². The molecule has 0 aliphatic rings. The Hall–Kier alpha value is -0.710. The van der Waals surface area contributed by atoms with E-state index in [9.17, 15) is 4.79 Å². The van der Waals surface area contributed by atoms with Gasteiger partial charge in [-0.05, 0) is 19.1 Å².